The molecule has 0 aliphatic carbocycles. The van der Waals surface area contributed by atoms with Crippen LogP contribution >= 0.6 is 0 Å². The van der Waals surface area contributed by atoms with Crippen LogP contribution in [0.25, 0.3) is 0 Å². The fourth-order valence-corrected chi connectivity index (χ4v) is 2.68. The van der Waals surface area contributed by atoms with Crippen LogP contribution in [0, 0.1) is 18.7 Å². The number of rotatable bonds is 4. The van der Waals surface area contributed by atoms with Gasteiger partial charge in [0, 0.05) is 24.8 Å². The molecule has 1 aliphatic heterocycles. The minimum Gasteiger partial charge on any atom is -0.381 e. The summed E-state index contributed by atoms with van der Waals surface area (Å²) in [6, 6.07) is 5.65. The zero-order valence-electron chi connectivity index (χ0n) is 11.2. The normalized spacial score (nSPS) is 18.8. The summed E-state index contributed by atoms with van der Waals surface area (Å²) in [5, 5.41) is 3.43. The number of benzene rings is 1. The maximum atomic E-state index is 14.1. The summed E-state index contributed by atoms with van der Waals surface area (Å²) in [6.45, 7) is 6.43. The molecular formula is C15H22FNO. The standard InChI is InChI=1S/C15H22FNO/c1-3-17-15(12-6-8-18-9-7-12)13-5-4-11(2)10-14(13)16/h4-5,10,12,15,17H,3,6-9H2,1-2H3. The Morgan fingerprint density at radius 1 is 1.39 bits per heavy atom. The largest absolute Gasteiger partial charge is 0.381 e. The SMILES string of the molecule is CCNC(c1ccc(C)cc1F)C1CCOCC1. The Bertz CT molecular complexity index is 388. The molecule has 1 atom stereocenters. The second kappa shape index (κ2) is 6.30. The fourth-order valence-electron chi connectivity index (χ4n) is 2.68. The molecule has 0 radical (unpaired) electrons. The van der Waals surface area contributed by atoms with Gasteiger partial charge in [0.1, 0.15) is 5.82 Å². The fraction of sp³-hybridized carbons (Fsp3) is 0.600. The minimum absolute atomic E-state index is 0.0903. The summed E-state index contributed by atoms with van der Waals surface area (Å²) < 4.78 is 19.5. The van der Waals surface area contributed by atoms with Gasteiger partial charge in [0.25, 0.3) is 0 Å². The van der Waals surface area contributed by atoms with Gasteiger partial charge in [-0.3, -0.25) is 0 Å². The lowest BCUT2D eigenvalue weighted by Gasteiger charge is -2.31. The third-order valence-electron chi connectivity index (χ3n) is 3.65. The van der Waals surface area contributed by atoms with Crippen LogP contribution in [0.3, 0.4) is 0 Å². The third-order valence-corrected chi connectivity index (χ3v) is 3.65. The number of hydrogen-bond acceptors (Lipinski definition) is 2. The summed E-state index contributed by atoms with van der Waals surface area (Å²) in [7, 11) is 0. The zero-order valence-corrected chi connectivity index (χ0v) is 11.2. The van der Waals surface area contributed by atoms with E-state index >= 15 is 0 Å². The molecule has 2 nitrogen and oxygen atoms in total. The highest BCUT2D eigenvalue weighted by atomic mass is 19.1. The van der Waals surface area contributed by atoms with Gasteiger partial charge in [-0.25, -0.2) is 4.39 Å². The molecule has 1 heterocycles. The lowest BCUT2D eigenvalue weighted by molar-refractivity contribution is 0.0533. The lowest BCUT2D eigenvalue weighted by Crippen LogP contribution is -2.32. The predicted molar refractivity (Wildman–Crippen MR) is 71.1 cm³/mol. The molecule has 0 amide bonds. The topological polar surface area (TPSA) is 21.3 Å². The number of ether oxygens (including phenoxy) is 1. The van der Waals surface area contributed by atoms with E-state index in [1.807, 2.05) is 19.1 Å². The molecule has 0 bridgehead atoms. The summed E-state index contributed by atoms with van der Waals surface area (Å²) >= 11 is 0. The third kappa shape index (κ3) is 3.09. The van der Waals surface area contributed by atoms with E-state index in [1.54, 1.807) is 6.07 Å². The summed E-state index contributed by atoms with van der Waals surface area (Å²) in [6.07, 6.45) is 2.01. The van der Waals surface area contributed by atoms with Crippen molar-refractivity contribution in [3.63, 3.8) is 0 Å². The number of halogens is 1. The van der Waals surface area contributed by atoms with Crippen LogP contribution in [0.1, 0.15) is 36.9 Å². The van der Waals surface area contributed by atoms with Gasteiger partial charge in [0.05, 0.1) is 0 Å². The molecule has 1 aliphatic rings. The Balaban J connectivity index is 2.22. The van der Waals surface area contributed by atoms with E-state index in [9.17, 15) is 4.39 Å². The molecule has 0 saturated carbocycles. The average Bonchev–Trinajstić information content (AvgIpc) is 2.38. The van der Waals surface area contributed by atoms with Crippen LogP contribution in [0.15, 0.2) is 18.2 Å². The van der Waals surface area contributed by atoms with Gasteiger partial charge in [0.15, 0.2) is 0 Å². The predicted octanol–water partition coefficient (Wildman–Crippen LogP) is 3.21. The molecular weight excluding hydrogens is 229 g/mol. The van der Waals surface area contributed by atoms with Gasteiger partial charge in [-0.2, -0.15) is 0 Å². The smallest absolute Gasteiger partial charge is 0.128 e. The Kier molecular flexibility index (Phi) is 4.72. The molecule has 3 heteroatoms. The van der Waals surface area contributed by atoms with Crippen LogP contribution in [0.2, 0.25) is 0 Å². The molecule has 1 aromatic rings. The Labute approximate surface area is 109 Å². The van der Waals surface area contributed by atoms with E-state index in [4.69, 9.17) is 4.74 Å². The number of aryl methyl sites for hydroxylation is 1. The first-order chi connectivity index (χ1) is 8.72. The van der Waals surface area contributed by atoms with Crippen LogP contribution in [0.5, 0.6) is 0 Å². The molecule has 1 unspecified atom stereocenters. The Morgan fingerprint density at radius 2 is 2.11 bits per heavy atom. The van der Waals surface area contributed by atoms with Crippen molar-refractivity contribution < 1.29 is 9.13 Å². The molecule has 0 aromatic heterocycles. The van der Waals surface area contributed by atoms with E-state index in [0.29, 0.717) is 5.92 Å². The van der Waals surface area contributed by atoms with Crippen molar-refractivity contribution in [2.24, 2.45) is 5.92 Å². The van der Waals surface area contributed by atoms with Gasteiger partial charge in [-0.1, -0.05) is 19.1 Å². The number of hydrogen-bond donors (Lipinski definition) is 1. The highest BCUT2D eigenvalue weighted by Gasteiger charge is 2.26. The maximum absolute atomic E-state index is 14.1. The number of nitrogens with one attached hydrogen (secondary N) is 1. The first-order valence-corrected chi connectivity index (χ1v) is 6.79. The van der Waals surface area contributed by atoms with E-state index in [2.05, 4.69) is 12.2 Å². The van der Waals surface area contributed by atoms with Gasteiger partial charge >= 0.3 is 0 Å². The molecule has 1 aromatic carbocycles. The molecule has 1 fully saturated rings. The minimum atomic E-state index is -0.0903. The van der Waals surface area contributed by atoms with Crippen molar-refractivity contribution in [1.29, 1.82) is 0 Å². The summed E-state index contributed by atoms with van der Waals surface area (Å²) in [4.78, 5) is 0. The Hall–Kier alpha value is -0.930. The zero-order chi connectivity index (χ0) is 13.0. The Morgan fingerprint density at radius 3 is 2.72 bits per heavy atom. The van der Waals surface area contributed by atoms with Crippen LogP contribution in [-0.4, -0.2) is 19.8 Å². The van der Waals surface area contributed by atoms with E-state index in [1.165, 1.54) is 0 Å². The van der Waals surface area contributed by atoms with Crippen molar-refractivity contribution in [3.05, 3.63) is 35.1 Å². The first kappa shape index (κ1) is 13.5. The van der Waals surface area contributed by atoms with Crippen molar-refractivity contribution >= 4 is 0 Å². The van der Waals surface area contributed by atoms with Crippen molar-refractivity contribution in [2.45, 2.75) is 32.7 Å². The van der Waals surface area contributed by atoms with Crippen LogP contribution in [0.4, 0.5) is 4.39 Å². The van der Waals surface area contributed by atoms with Crippen LogP contribution < -0.4 is 5.32 Å². The summed E-state index contributed by atoms with van der Waals surface area (Å²) in [5.74, 6) is 0.378. The van der Waals surface area contributed by atoms with E-state index in [0.717, 1.165) is 43.7 Å². The van der Waals surface area contributed by atoms with Crippen molar-refractivity contribution in [1.82, 2.24) is 5.32 Å². The molecule has 1 saturated heterocycles. The maximum Gasteiger partial charge on any atom is 0.128 e. The quantitative estimate of drug-likeness (QED) is 0.887. The second-order valence-corrected chi connectivity index (χ2v) is 5.01. The molecule has 1 N–H and O–H groups in total. The van der Waals surface area contributed by atoms with Gasteiger partial charge in [0.2, 0.25) is 0 Å². The van der Waals surface area contributed by atoms with Gasteiger partial charge in [-0.05, 0) is 43.9 Å². The van der Waals surface area contributed by atoms with Gasteiger partial charge in [-0.15, -0.1) is 0 Å². The second-order valence-electron chi connectivity index (χ2n) is 5.01. The monoisotopic (exact) mass is 251 g/mol. The molecule has 100 valence electrons. The average molecular weight is 251 g/mol. The lowest BCUT2D eigenvalue weighted by atomic mass is 9.86. The van der Waals surface area contributed by atoms with Crippen molar-refractivity contribution in [2.75, 3.05) is 19.8 Å². The molecule has 2 rings (SSSR count). The first-order valence-electron chi connectivity index (χ1n) is 6.79. The van der Waals surface area contributed by atoms with Crippen LogP contribution in [-0.2, 0) is 4.74 Å². The molecule has 18 heavy (non-hydrogen) atoms. The molecule has 0 spiro atoms. The highest BCUT2D eigenvalue weighted by molar-refractivity contribution is 5.26. The van der Waals surface area contributed by atoms with Gasteiger partial charge < -0.3 is 10.1 Å². The summed E-state index contributed by atoms with van der Waals surface area (Å²) in [5.41, 5.74) is 1.77. The van der Waals surface area contributed by atoms with E-state index in [-0.39, 0.29) is 11.9 Å². The van der Waals surface area contributed by atoms with Crippen molar-refractivity contribution in [3.8, 4) is 0 Å². The highest BCUT2D eigenvalue weighted by Crippen LogP contribution is 2.31. The van der Waals surface area contributed by atoms with E-state index < -0.39 is 0 Å².